The Hall–Kier alpha value is -9.66. The number of hydrogen-bond donors (Lipinski definition) is 7. The van der Waals surface area contributed by atoms with Gasteiger partial charge in [-0.25, -0.2) is 43.4 Å². The fourth-order valence-corrected chi connectivity index (χ4v) is 10.9. The molecule has 0 saturated carbocycles. The Balaban J connectivity index is 0.000000264. The molecule has 29 nitrogen and oxygen atoms in total. The van der Waals surface area contributed by atoms with E-state index in [0.717, 1.165) is 11.4 Å². The molecule has 2 unspecified atom stereocenters. The highest BCUT2D eigenvalue weighted by molar-refractivity contribution is 7.54. The number of para-hydroxylation sites is 2. The van der Waals surface area contributed by atoms with E-state index >= 15 is 0 Å². The van der Waals surface area contributed by atoms with Gasteiger partial charge in [0.2, 0.25) is 11.9 Å². The van der Waals surface area contributed by atoms with Crippen LogP contribution in [0.25, 0.3) is 22.3 Å². The molecule has 8 aromatic rings. The molecule has 0 aliphatic rings. The van der Waals surface area contributed by atoms with E-state index in [9.17, 15) is 28.3 Å². The summed E-state index contributed by atoms with van der Waals surface area (Å²) < 4.78 is 57.7. The minimum Gasteiger partial charge on any atom is -0.478 e. The van der Waals surface area contributed by atoms with Crippen LogP contribution in [0, 0.1) is 0 Å². The lowest BCUT2D eigenvalue weighted by atomic mass is 10.2. The second kappa shape index (κ2) is 32.7. The number of nitrogens with one attached hydrogen (secondary N) is 1. The zero-order chi connectivity index (χ0) is 63.3. The predicted molar refractivity (Wildman–Crippen MR) is 334 cm³/mol. The number of aromatic carboxylic acids is 1. The van der Waals surface area contributed by atoms with Crippen molar-refractivity contribution in [3.63, 3.8) is 0 Å². The van der Waals surface area contributed by atoms with Crippen molar-refractivity contribution < 1.29 is 61.0 Å². The fraction of sp³-hybridized carbons (Fsp3) is 0.298. The first-order chi connectivity index (χ1) is 41.5. The highest BCUT2D eigenvalue weighted by Crippen LogP contribution is 2.50. The number of nitrogens with two attached hydrogens (primary N) is 5. The number of amides is 1. The van der Waals surface area contributed by atoms with Crippen molar-refractivity contribution in [3.05, 3.63) is 144 Å². The number of carboxylic acids is 1. The molecule has 4 heterocycles. The summed E-state index contributed by atoms with van der Waals surface area (Å²) in [7, 11) is -3.62. The molecular weight excluding hydrogens is 1180 g/mol. The number of fused-ring (bicyclic) bond motifs is 2. The van der Waals surface area contributed by atoms with Crippen LogP contribution < -0.4 is 52.8 Å². The van der Waals surface area contributed by atoms with E-state index in [1.807, 2.05) is 30.0 Å². The highest BCUT2D eigenvalue weighted by Gasteiger charge is 2.33. The summed E-state index contributed by atoms with van der Waals surface area (Å²) in [5.74, 6) is -1.46. The Bertz CT molecular complexity index is 3720. The third kappa shape index (κ3) is 20.5. The number of nitrogen functional groups attached to an aromatic ring is 4. The Morgan fingerprint density at radius 3 is 1.36 bits per heavy atom. The van der Waals surface area contributed by atoms with Gasteiger partial charge in [0, 0.05) is 44.1 Å². The average molecular weight is 1250 g/mol. The zero-order valence-corrected chi connectivity index (χ0v) is 50.2. The number of benzene rings is 4. The Morgan fingerprint density at radius 1 is 0.580 bits per heavy atom. The summed E-state index contributed by atoms with van der Waals surface area (Å²) in [4.78, 5) is 84.4. The van der Waals surface area contributed by atoms with Crippen LogP contribution in [0.4, 0.5) is 34.9 Å². The molecule has 0 bridgehead atoms. The van der Waals surface area contributed by atoms with Crippen LogP contribution in [-0.2, 0) is 50.3 Å². The Morgan fingerprint density at radius 2 is 0.977 bits per heavy atom. The molecule has 4 aromatic carbocycles. The van der Waals surface area contributed by atoms with Crippen molar-refractivity contribution >= 4 is 96.2 Å². The standard InChI is InChI=1S/C28H33N8O6P.C15H15N7O2.C13H20NO5P.CH4/c1-4-40-27(38)18(2)41-43(39,42-22-8-6-5-7-9-22)15-14-31-26(37)19-10-12-21(13-11-19)36(3)17-20-16-32-25-23(33-20)24(29)34-28(30)35-25;1-22(10-4-2-8(3-5-10)14(23)24)7-9-6-18-13-11(19-9)12(16)20-15(17)21-13;1-3-17-13(15)11(2)18-20(16,10-9-14)19-12-7-5-4-6-8-12;/h5-13,16,18H,4,14-15,17H2,1-3H3,(H,31,37)(H4,29,30,32,34,35);2-6H,7H2,1H3,(H,23,24)(H4,16,17,18,20,21);4-8,11H,3,9-10,14H2,1-2H3;1H4/t18-,43?;;11-,20?;/m0.0./s1. The maximum absolute atomic E-state index is 13.6. The van der Waals surface area contributed by atoms with Gasteiger partial charge in [0.25, 0.3) is 5.91 Å². The van der Waals surface area contributed by atoms with Crippen LogP contribution in [0.5, 0.6) is 11.5 Å². The van der Waals surface area contributed by atoms with Gasteiger partial charge in [-0.3, -0.25) is 13.8 Å². The topological polar surface area (TPSA) is 430 Å². The molecule has 8 rings (SSSR count). The number of carboxylic acid groups (broad SMARTS) is 1. The average Bonchev–Trinajstić information content (AvgIpc) is 3.25. The van der Waals surface area contributed by atoms with Crippen molar-refractivity contribution in [2.45, 2.75) is 60.4 Å². The summed E-state index contributed by atoms with van der Waals surface area (Å²) in [5, 5.41) is 11.7. The summed E-state index contributed by atoms with van der Waals surface area (Å²) in [6.45, 7) is 7.58. The Kier molecular flexibility index (Phi) is 25.7. The van der Waals surface area contributed by atoms with Gasteiger partial charge in [-0.05, 0) is 100 Å². The van der Waals surface area contributed by atoms with E-state index in [2.05, 4.69) is 45.2 Å². The van der Waals surface area contributed by atoms with Crippen LogP contribution in [0.1, 0.15) is 67.2 Å². The Labute approximate surface area is 507 Å². The van der Waals surface area contributed by atoms with Gasteiger partial charge in [-0.15, -0.1) is 0 Å². The van der Waals surface area contributed by atoms with E-state index in [1.54, 1.807) is 129 Å². The van der Waals surface area contributed by atoms with Crippen LogP contribution in [0.2, 0.25) is 0 Å². The van der Waals surface area contributed by atoms with Gasteiger partial charge in [0.15, 0.2) is 46.2 Å². The first kappa shape index (κ1) is 69.1. The number of aromatic nitrogens is 8. The number of anilines is 6. The van der Waals surface area contributed by atoms with Crippen molar-refractivity contribution in [2.75, 3.05) is 85.5 Å². The molecule has 0 aliphatic heterocycles. The molecule has 4 aromatic heterocycles. The van der Waals surface area contributed by atoms with Crippen LogP contribution in [-0.4, -0.2) is 134 Å². The SMILES string of the molecule is C.CCOC(=O)[C@H](C)OP(=O)(CCN)Oc1ccccc1.CCOC(=O)[C@H](C)OP(=O)(CCNC(=O)c1ccc(N(C)Cc2cnc3nc(N)nc(N)c3n2)cc1)Oc1ccccc1.CN(Cc1cnc2nc(N)nc(N)c2n1)c1ccc(C(=O)O)cc1. The van der Waals surface area contributed by atoms with Crippen molar-refractivity contribution in [2.24, 2.45) is 5.73 Å². The summed E-state index contributed by atoms with van der Waals surface area (Å²) in [6.07, 6.45) is 0.926. The minimum absolute atomic E-state index is 0. The molecule has 0 saturated heterocycles. The lowest BCUT2D eigenvalue weighted by Gasteiger charge is -2.22. The molecule has 12 N–H and O–H groups in total. The van der Waals surface area contributed by atoms with Gasteiger partial charge < -0.3 is 67.4 Å². The molecule has 0 fully saturated rings. The molecule has 88 heavy (non-hydrogen) atoms. The van der Waals surface area contributed by atoms with Crippen LogP contribution in [0.15, 0.2) is 122 Å². The number of esters is 2. The first-order valence-corrected chi connectivity index (χ1v) is 30.3. The third-order valence-corrected chi connectivity index (χ3v) is 15.7. The van der Waals surface area contributed by atoms with Crippen LogP contribution in [0.3, 0.4) is 0 Å². The monoisotopic (exact) mass is 1250 g/mol. The van der Waals surface area contributed by atoms with Gasteiger partial charge in [0.05, 0.1) is 68.0 Å². The molecule has 0 radical (unpaired) electrons. The van der Waals surface area contributed by atoms with Crippen LogP contribution >= 0.6 is 15.2 Å². The molecule has 31 heteroatoms. The molecular formula is C57H72N16O13P2. The number of carbonyl (C=O) groups excluding carboxylic acids is 3. The number of rotatable bonds is 25. The predicted octanol–water partition coefficient (Wildman–Crippen LogP) is 6.93. The lowest BCUT2D eigenvalue weighted by molar-refractivity contribution is -0.151. The van der Waals surface area contributed by atoms with Crippen molar-refractivity contribution in [1.29, 1.82) is 0 Å². The maximum atomic E-state index is 13.6. The van der Waals surface area contributed by atoms with E-state index in [4.69, 9.17) is 61.3 Å². The second-order valence-electron chi connectivity index (χ2n) is 18.6. The highest BCUT2D eigenvalue weighted by atomic mass is 31.2. The first-order valence-electron chi connectivity index (χ1n) is 26.8. The molecule has 0 spiro atoms. The molecule has 4 atom stereocenters. The smallest absolute Gasteiger partial charge is 0.381 e. The number of carbonyl (C=O) groups is 4. The summed E-state index contributed by atoms with van der Waals surface area (Å²) in [6, 6.07) is 30.5. The molecule has 468 valence electrons. The van der Waals surface area contributed by atoms with E-state index < -0.39 is 45.3 Å². The van der Waals surface area contributed by atoms with Gasteiger partial charge in [0.1, 0.15) is 11.5 Å². The van der Waals surface area contributed by atoms with Crippen molar-refractivity contribution in [3.8, 4) is 11.5 Å². The molecule has 0 aliphatic carbocycles. The summed E-state index contributed by atoms with van der Waals surface area (Å²) in [5.41, 5.74) is 33.3. The third-order valence-electron chi connectivity index (χ3n) is 11.8. The lowest BCUT2D eigenvalue weighted by Crippen LogP contribution is -2.29. The summed E-state index contributed by atoms with van der Waals surface area (Å²) >= 11 is 0. The molecule has 1 amide bonds. The number of hydrogen-bond acceptors (Lipinski definition) is 27. The van der Waals surface area contributed by atoms with E-state index in [0.29, 0.717) is 63.9 Å². The normalized spacial score (nSPS) is 12.8. The fourth-order valence-electron chi connectivity index (χ4n) is 7.69. The number of ether oxygens (including phenoxy) is 2. The van der Waals surface area contributed by atoms with Gasteiger partial charge in [-0.1, -0.05) is 43.8 Å². The van der Waals surface area contributed by atoms with Crippen molar-refractivity contribution in [1.82, 2.24) is 45.2 Å². The zero-order valence-electron chi connectivity index (χ0n) is 48.5. The second-order valence-corrected chi connectivity index (χ2v) is 22.8. The largest absolute Gasteiger partial charge is 0.478 e. The minimum atomic E-state index is -3.85. The van der Waals surface area contributed by atoms with E-state index in [-0.39, 0.29) is 81.1 Å². The quantitative estimate of drug-likeness (QED) is 0.0225. The number of nitrogens with zero attached hydrogens (tertiary/aromatic N) is 10. The van der Waals surface area contributed by atoms with Gasteiger partial charge >= 0.3 is 33.1 Å². The van der Waals surface area contributed by atoms with Gasteiger partial charge in [-0.2, -0.15) is 19.9 Å². The van der Waals surface area contributed by atoms with E-state index in [1.165, 1.54) is 13.8 Å². The maximum Gasteiger partial charge on any atom is 0.381 e.